The van der Waals surface area contributed by atoms with E-state index in [1.165, 1.54) is 0 Å². The summed E-state index contributed by atoms with van der Waals surface area (Å²) in [6.45, 7) is 0.391. The lowest BCUT2D eigenvalue weighted by molar-refractivity contribution is 0.302. The van der Waals surface area contributed by atoms with Crippen molar-refractivity contribution in [3.8, 4) is 17.2 Å². The van der Waals surface area contributed by atoms with Gasteiger partial charge in [-0.05, 0) is 29.8 Å². The monoisotopic (exact) mass is 286 g/mol. The Morgan fingerprint density at radius 3 is 2.38 bits per heavy atom. The molecule has 0 amide bonds. The molecule has 0 heterocycles. The van der Waals surface area contributed by atoms with Crippen LogP contribution in [0.5, 0.6) is 17.2 Å². The van der Waals surface area contributed by atoms with E-state index in [0.717, 1.165) is 11.3 Å². The Hall–Kier alpha value is -2.69. The summed E-state index contributed by atoms with van der Waals surface area (Å²) in [6.07, 6.45) is 0. The zero-order valence-corrected chi connectivity index (χ0v) is 12.1. The van der Waals surface area contributed by atoms with Crippen LogP contribution in [0.4, 0.5) is 0 Å². The smallest absolute Gasteiger partial charge is 0.124 e. The van der Waals surface area contributed by atoms with Crippen molar-refractivity contribution in [2.45, 2.75) is 6.61 Å². The molecule has 2 aromatic rings. The minimum Gasteiger partial charge on any atom is -0.497 e. The van der Waals surface area contributed by atoms with Crippen LogP contribution >= 0.6 is 0 Å². The molecule has 0 fully saturated rings. The third-order valence-corrected chi connectivity index (χ3v) is 2.97. The fraction of sp³-hybridized carbons (Fsp3) is 0.188. The van der Waals surface area contributed by atoms with Crippen molar-refractivity contribution in [2.75, 3.05) is 14.2 Å². The van der Waals surface area contributed by atoms with Crippen molar-refractivity contribution in [1.29, 1.82) is 5.41 Å². The quantitative estimate of drug-likeness (QED) is 0.632. The zero-order chi connectivity index (χ0) is 15.2. The molecule has 110 valence electrons. The Morgan fingerprint density at radius 2 is 1.71 bits per heavy atom. The van der Waals surface area contributed by atoms with Crippen LogP contribution in [0.15, 0.2) is 42.5 Å². The third-order valence-electron chi connectivity index (χ3n) is 2.97. The van der Waals surface area contributed by atoms with Gasteiger partial charge in [-0.1, -0.05) is 12.1 Å². The van der Waals surface area contributed by atoms with E-state index >= 15 is 0 Å². The SMILES string of the molecule is COc1cccc(COc2cc(OC)cc(C(=N)N)c2)c1. The molecule has 0 aliphatic carbocycles. The van der Waals surface area contributed by atoms with Gasteiger partial charge in [-0.3, -0.25) is 5.41 Å². The van der Waals surface area contributed by atoms with E-state index in [2.05, 4.69) is 0 Å². The average molecular weight is 286 g/mol. The highest BCUT2D eigenvalue weighted by Gasteiger charge is 2.05. The van der Waals surface area contributed by atoms with E-state index < -0.39 is 0 Å². The number of nitrogens with one attached hydrogen (secondary N) is 1. The summed E-state index contributed by atoms with van der Waals surface area (Å²) in [7, 11) is 3.19. The maximum Gasteiger partial charge on any atom is 0.124 e. The van der Waals surface area contributed by atoms with Crippen LogP contribution in [-0.4, -0.2) is 20.1 Å². The molecular weight excluding hydrogens is 268 g/mol. The summed E-state index contributed by atoms with van der Waals surface area (Å²) in [4.78, 5) is 0. The van der Waals surface area contributed by atoms with Gasteiger partial charge in [0.1, 0.15) is 29.7 Å². The Labute approximate surface area is 123 Å². The second-order valence-electron chi connectivity index (χ2n) is 4.45. The molecule has 0 saturated carbocycles. The number of amidine groups is 1. The van der Waals surface area contributed by atoms with Crippen LogP contribution in [0.1, 0.15) is 11.1 Å². The molecule has 0 aromatic heterocycles. The molecule has 0 unspecified atom stereocenters. The highest BCUT2D eigenvalue weighted by molar-refractivity contribution is 5.95. The molecule has 0 atom stereocenters. The van der Waals surface area contributed by atoms with Crippen LogP contribution in [0, 0.1) is 5.41 Å². The molecule has 0 aliphatic heterocycles. The van der Waals surface area contributed by atoms with Crippen molar-refractivity contribution in [2.24, 2.45) is 5.73 Å². The largest absolute Gasteiger partial charge is 0.497 e. The van der Waals surface area contributed by atoms with Crippen molar-refractivity contribution < 1.29 is 14.2 Å². The summed E-state index contributed by atoms with van der Waals surface area (Å²) in [6, 6.07) is 12.8. The van der Waals surface area contributed by atoms with Gasteiger partial charge in [0.2, 0.25) is 0 Å². The summed E-state index contributed by atoms with van der Waals surface area (Å²) < 4.78 is 16.1. The van der Waals surface area contributed by atoms with Crippen LogP contribution < -0.4 is 19.9 Å². The summed E-state index contributed by atoms with van der Waals surface area (Å²) in [5, 5.41) is 7.50. The minimum atomic E-state index is -0.0277. The molecule has 0 saturated heterocycles. The van der Waals surface area contributed by atoms with E-state index in [0.29, 0.717) is 23.7 Å². The third kappa shape index (κ3) is 3.89. The van der Waals surface area contributed by atoms with Crippen LogP contribution in [-0.2, 0) is 6.61 Å². The number of hydrogen-bond donors (Lipinski definition) is 2. The molecule has 0 aliphatic rings. The van der Waals surface area contributed by atoms with Crippen molar-refractivity contribution in [1.82, 2.24) is 0 Å². The van der Waals surface area contributed by atoms with Gasteiger partial charge in [0.25, 0.3) is 0 Å². The minimum absolute atomic E-state index is 0.0277. The van der Waals surface area contributed by atoms with Crippen LogP contribution in [0.25, 0.3) is 0 Å². The van der Waals surface area contributed by atoms with Crippen LogP contribution in [0.3, 0.4) is 0 Å². The zero-order valence-electron chi connectivity index (χ0n) is 12.1. The molecule has 3 N–H and O–H groups in total. The number of methoxy groups -OCH3 is 2. The number of nitrogens with two attached hydrogens (primary N) is 1. The number of benzene rings is 2. The van der Waals surface area contributed by atoms with Gasteiger partial charge in [0.05, 0.1) is 14.2 Å². The van der Waals surface area contributed by atoms with Gasteiger partial charge in [-0.2, -0.15) is 0 Å². The summed E-state index contributed by atoms with van der Waals surface area (Å²) in [5.41, 5.74) is 7.06. The van der Waals surface area contributed by atoms with Crippen molar-refractivity contribution in [3.63, 3.8) is 0 Å². The van der Waals surface area contributed by atoms with Gasteiger partial charge in [-0.15, -0.1) is 0 Å². The highest BCUT2D eigenvalue weighted by atomic mass is 16.5. The van der Waals surface area contributed by atoms with Gasteiger partial charge >= 0.3 is 0 Å². The normalized spacial score (nSPS) is 10.0. The fourth-order valence-corrected chi connectivity index (χ4v) is 1.86. The highest BCUT2D eigenvalue weighted by Crippen LogP contribution is 2.24. The van der Waals surface area contributed by atoms with Crippen LogP contribution in [0.2, 0.25) is 0 Å². The first kappa shape index (κ1) is 14.7. The summed E-state index contributed by atoms with van der Waals surface area (Å²) >= 11 is 0. The Balaban J connectivity index is 2.15. The van der Waals surface area contributed by atoms with E-state index in [9.17, 15) is 0 Å². The first-order valence-corrected chi connectivity index (χ1v) is 6.41. The van der Waals surface area contributed by atoms with Crippen molar-refractivity contribution >= 4 is 5.84 Å². The van der Waals surface area contributed by atoms with Gasteiger partial charge in [0.15, 0.2) is 0 Å². The Kier molecular flexibility index (Phi) is 4.66. The Bertz CT molecular complexity index is 641. The number of hydrogen-bond acceptors (Lipinski definition) is 4. The number of nitrogen functional groups attached to an aromatic ring is 1. The fourth-order valence-electron chi connectivity index (χ4n) is 1.86. The molecule has 0 radical (unpaired) electrons. The van der Waals surface area contributed by atoms with E-state index in [1.54, 1.807) is 32.4 Å². The molecular formula is C16H18N2O3. The maximum atomic E-state index is 7.50. The van der Waals surface area contributed by atoms with Gasteiger partial charge in [0, 0.05) is 11.6 Å². The average Bonchev–Trinajstić information content (AvgIpc) is 2.52. The first-order valence-electron chi connectivity index (χ1n) is 6.41. The molecule has 2 aromatic carbocycles. The first-order chi connectivity index (χ1) is 10.1. The van der Waals surface area contributed by atoms with Crippen molar-refractivity contribution in [3.05, 3.63) is 53.6 Å². The predicted octanol–water partition coefficient (Wildman–Crippen LogP) is 2.57. The molecule has 2 rings (SSSR count). The number of rotatable bonds is 6. The second kappa shape index (κ2) is 6.65. The maximum absolute atomic E-state index is 7.50. The second-order valence-corrected chi connectivity index (χ2v) is 4.45. The van der Waals surface area contributed by atoms with Gasteiger partial charge < -0.3 is 19.9 Å². The Morgan fingerprint density at radius 1 is 1.00 bits per heavy atom. The molecule has 5 heteroatoms. The lowest BCUT2D eigenvalue weighted by Crippen LogP contribution is -2.11. The van der Waals surface area contributed by atoms with Gasteiger partial charge in [-0.25, -0.2) is 0 Å². The molecule has 0 bridgehead atoms. The lowest BCUT2D eigenvalue weighted by Gasteiger charge is -2.11. The molecule has 0 spiro atoms. The molecule has 5 nitrogen and oxygen atoms in total. The van der Waals surface area contributed by atoms with E-state index in [1.807, 2.05) is 24.3 Å². The standard InChI is InChI=1S/C16H18N2O3/c1-19-13-5-3-4-11(6-13)10-21-15-8-12(16(17)18)7-14(9-15)20-2/h3-9H,10H2,1-2H3,(H3,17,18). The lowest BCUT2D eigenvalue weighted by atomic mass is 10.2. The van der Waals surface area contributed by atoms with E-state index in [-0.39, 0.29) is 5.84 Å². The summed E-state index contributed by atoms with van der Waals surface area (Å²) in [5.74, 6) is 1.96. The number of ether oxygens (including phenoxy) is 3. The van der Waals surface area contributed by atoms with E-state index in [4.69, 9.17) is 25.4 Å². The molecule has 21 heavy (non-hydrogen) atoms. The predicted molar refractivity (Wildman–Crippen MR) is 81.3 cm³/mol. The topological polar surface area (TPSA) is 77.6 Å².